The molecule has 3 fully saturated rings. The van der Waals surface area contributed by atoms with Gasteiger partial charge in [0.2, 0.25) is 5.91 Å². The van der Waals surface area contributed by atoms with Crippen molar-refractivity contribution in [3.8, 4) is 0 Å². The molecule has 0 heterocycles. The number of rotatable bonds is 4. The van der Waals surface area contributed by atoms with Crippen molar-refractivity contribution in [2.24, 2.45) is 23.2 Å². The predicted octanol–water partition coefficient (Wildman–Crippen LogP) is 2.09. The zero-order valence-electron chi connectivity index (χ0n) is 11.2. The van der Waals surface area contributed by atoms with Gasteiger partial charge in [-0.1, -0.05) is 25.7 Å². The van der Waals surface area contributed by atoms with E-state index in [1.165, 1.54) is 38.5 Å². The van der Waals surface area contributed by atoms with Crippen molar-refractivity contribution in [2.45, 2.75) is 51.4 Å². The molecule has 0 spiro atoms. The average molecular weight is 251 g/mol. The van der Waals surface area contributed by atoms with E-state index >= 15 is 0 Å². The van der Waals surface area contributed by atoms with Gasteiger partial charge in [0.25, 0.3) is 0 Å². The number of nitrogens with one attached hydrogen (secondary N) is 1. The number of carbonyl (C=O) groups excluding carboxylic acids is 1. The summed E-state index contributed by atoms with van der Waals surface area (Å²) < 4.78 is 0. The molecule has 0 aromatic rings. The number of hydrogen-bond acceptors (Lipinski definition) is 2. The molecular formula is C15H25NO2. The van der Waals surface area contributed by atoms with Crippen LogP contribution in [0, 0.1) is 23.2 Å². The standard InChI is InChI=1S/C15H25NO2/c17-10-15(7-3-4-8-15)9-16-14(18)13-11-5-1-2-6-12(11)13/h11-13,17H,1-10H2,(H,16,18). The van der Waals surface area contributed by atoms with Crippen molar-refractivity contribution in [1.82, 2.24) is 5.32 Å². The van der Waals surface area contributed by atoms with Crippen LogP contribution in [0.5, 0.6) is 0 Å². The Morgan fingerprint density at radius 2 is 1.72 bits per heavy atom. The molecule has 3 heteroatoms. The van der Waals surface area contributed by atoms with Crippen molar-refractivity contribution in [1.29, 1.82) is 0 Å². The number of amides is 1. The normalized spacial score (nSPS) is 37.1. The maximum absolute atomic E-state index is 12.2. The summed E-state index contributed by atoms with van der Waals surface area (Å²) in [4.78, 5) is 12.2. The SMILES string of the molecule is O=C(NCC1(CO)CCCC1)C1C2CCCCC21. The van der Waals surface area contributed by atoms with Crippen molar-refractivity contribution in [3.63, 3.8) is 0 Å². The van der Waals surface area contributed by atoms with E-state index in [0.717, 1.165) is 12.8 Å². The largest absolute Gasteiger partial charge is 0.396 e. The highest BCUT2D eigenvalue weighted by atomic mass is 16.3. The van der Waals surface area contributed by atoms with Gasteiger partial charge in [0.05, 0.1) is 6.61 Å². The lowest BCUT2D eigenvalue weighted by atomic mass is 9.87. The van der Waals surface area contributed by atoms with E-state index in [1.807, 2.05) is 0 Å². The van der Waals surface area contributed by atoms with E-state index in [4.69, 9.17) is 0 Å². The van der Waals surface area contributed by atoms with Crippen molar-refractivity contribution in [2.75, 3.05) is 13.2 Å². The number of carbonyl (C=O) groups is 1. The Balaban J connectivity index is 1.50. The molecule has 3 aliphatic rings. The fourth-order valence-electron chi connectivity index (χ4n) is 4.29. The average Bonchev–Trinajstić information content (AvgIpc) is 2.95. The van der Waals surface area contributed by atoms with Gasteiger partial charge in [-0.25, -0.2) is 0 Å². The molecular weight excluding hydrogens is 226 g/mol. The van der Waals surface area contributed by atoms with Crippen molar-refractivity contribution >= 4 is 5.91 Å². The van der Waals surface area contributed by atoms with Gasteiger partial charge in [0.15, 0.2) is 0 Å². The molecule has 3 nitrogen and oxygen atoms in total. The Bertz CT molecular complexity index is 310. The van der Waals surface area contributed by atoms with Gasteiger partial charge in [-0.05, 0) is 37.5 Å². The van der Waals surface area contributed by atoms with Gasteiger partial charge in [-0.2, -0.15) is 0 Å². The molecule has 0 bridgehead atoms. The molecule has 3 rings (SSSR count). The molecule has 18 heavy (non-hydrogen) atoms. The van der Waals surface area contributed by atoms with Crippen LogP contribution >= 0.6 is 0 Å². The highest BCUT2D eigenvalue weighted by molar-refractivity contribution is 5.82. The molecule has 2 N–H and O–H groups in total. The van der Waals surface area contributed by atoms with Crippen LogP contribution in [0.3, 0.4) is 0 Å². The smallest absolute Gasteiger partial charge is 0.223 e. The molecule has 2 atom stereocenters. The minimum absolute atomic E-state index is 0.00424. The summed E-state index contributed by atoms with van der Waals surface area (Å²) in [6.45, 7) is 0.920. The minimum atomic E-state index is -0.00424. The second kappa shape index (κ2) is 4.84. The summed E-state index contributed by atoms with van der Waals surface area (Å²) in [7, 11) is 0. The van der Waals surface area contributed by atoms with Crippen LogP contribution in [0.15, 0.2) is 0 Å². The molecule has 3 saturated carbocycles. The first-order valence-electron chi connectivity index (χ1n) is 7.64. The predicted molar refractivity (Wildman–Crippen MR) is 69.9 cm³/mol. The Hall–Kier alpha value is -0.570. The van der Waals surface area contributed by atoms with Crippen LogP contribution < -0.4 is 5.32 Å². The molecule has 0 aliphatic heterocycles. The van der Waals surface area contributed by atoms with Crippen molar-refractivity contribution in [3.05, 3.63) is 0 Å². The second-order valence-corrected chi connectivity index (χ2v) is 6.72. The van der Waals surface area contributed by atoms with Gasteiger partial charge in [0, 0.05) is 17.9 Å². The zero-order valence-corrected chi connectivity index (χ0v) is 11.2. The van der Waals surface area contributed by atoms with Crippen LogP contribution in [0.2, 0.25) is 0 Å². The molecule has 1 amide bonds. The first kappa shape index (κ1) is 12.5. The van der Waals surface area contributed by atoms with Gasteiger partial charge in [0.1, 0.15) is 0 Å². The van der Waals surface area contributed by atoms with E-state index < -0.39 is 0 Å². The Kier molecular flexibility index (Phi) is 3.35. The quantitative estimate of drug-likeness (QED) is 0.804. The van der Waals surface area contributed by atoms with Gasteiger partial charge in [-0.3, -0.25) is 4.79 Å². The Morgan fingerprint density at radius 1 is 1.11 bits per heavy atom. The minimum Gasteiger partial charge on any atom is -0.396 e. The Labute approximate surface area is 109 Å². The summed E-state index contributed by atoms with van der Waals surface area (Å²) in [5.74, 6) is 1.95. The molecule has 102 valence electrons. The molecule has 0 saturated heterocycles. The fraction of sp³-hybridized carbons (Fsp3) is 0.933. The number of aliphatic hydroxyl groups excluding tert-OH is 1. The maximum Gasteiger partial charge on any atom is 0.223 e. The lowest BCUT2D eigenvalue weighted by molar-refractivity contribution is -0.123. The maximum atomic E-state index is 12.2. The number of fused-ring (bicyclic) bond motifs is 1. The van der Waals surface area contributed by atoms with E-state index in [9.17, 15) is 9.90 Å². The van der Waals surface area contributed by atoms with Crippen LogP contribution in [-0.2, 0) is 4.79 Å². The summed E-state index contributed by atoms with van der Waals surface area (Å²) >= 11 is 0. The van der Waals surface area contributed by atoms with Crippen LogP contribution in [0.1, 0.15) is 51.4 Å². The molecule has 0 radical (unpaired) electrons. The Morgan fingerprint density at radius 3 is 2.28 bits per heavy atom. The van der Waals surface area contributed by atoms with Crippen LogP contribution in [0.4, 0.5) is 0 Å². The lowest BCUT2D eigenvalue weighted by Crippen LogP contribution is -2.39. The zero-order chi connectivity index (χ0) is 12.6. The third-order valence-corrected chi connectivity index (χ3v) is 5.60. The van der Waals surface area contributed by atoms with E-state index in [2.05, 4.69) is 5.32 Å². The first-order chi connectivity index (χ1) is 8.76. The molecule has 0 aromatic heterocycles. The van der Waals surface area contributed by atoms with Crippen LogP contribution in [-0.4, -0.2) is 24.2 Å². The first-order valence-corrected chi connectivity index (χ1v) is 7.64. The highest BCUT2D eigenvalue weighted by Gasteiger charge is 2.54. The summed E-state index contributed by atoms with van der Waals surface area (Å²) in [5, 5.41) is 12.7. The summed E-state index contributed by atoms with van der Waals surface area (Å²) in [5.41, 5.74) is -0.00424. The second-order valence-electron chi connectivity index (χ2n) is 6.72. The monoisotopic (exact) mass is 251 g/mol. The third-order valence-electron chi connectivity index (χ3n) is 5.60. The van der Waals surface area contributed by atoms with E-state index in [-0.39, 0.29) is 17.9 Å². The molecule has 3 aliphatic carbocycles. The molecule has 2 unspecified atom stereocenters. The van der Waals surface area contributed by atoms with Crippen molar-refractivity contribution < 1.29 is 9.90 Å². The lowest BCUT2D eigenvalue weighted by Gasteiger charge is -2.26. The fourth-order valence-corrected chi connectivity index (χ4v) is 4.29. The van der Waals surface area contributed by atoms with Gasteiger partial charge >= 0.3 is 0 Å². The van der Waals surface area contributed by atoms with Gasteiger partial charge in [-0.15, -0.1) is 0 Å². The topological polar surface area (TPSA) is 49.3 Å². The molecule has 0 aromatic carbocycles. The summed E-state index contributed by atoms with van der Waals surface area (Å²) in [6.07, 6.45) is 9.68. The van der Waals surface area contributed by atoms with Crippen LogP contribution in [0.25, 0.3) is 0 Å². The van der Waals surface area contributed by atoms with E-state index in [1.54, 1.807) is 0 Å². The third kappa shape index (κ3) is 2.18. The summed E-state index contributed by atoms with van der Waals surface area (Å²) in [6, 6.07) is 0. The number of aliphatic hydroxyl groups is 1. The van der Waals surface area contributed by atoms with Gasteiger partial charge < -0.3 is 10.4 Å². The van der Waals surface area contributed by atoms with E-state index in [0.29, 0.717) is 24.3 Å². The highest BCUT2D eigenvalue weighted by Crippen LogP contribution is 2.55. The number of hydrogen-bond donors (Lipinski definition) is 2.